The molecule has 1 fully saturated rings. The molecule has 0 radical (unpaired) electrons. The minimum Gasteiger partial charge on any atom is -0.385 e. The predicted molar refractivity (Wildman–Crippen MR) is 82.7 cm³/mol. The van der Waals surface area contributed by atoms with Crippen LogP contribution in [-0.2, 0) is 4.74 Å². The van der Waals surface area contributed by atoms with Crippen molar-refractivity contribution in [2.24, 2.45) is 5.41 Å². The van der Waals surface area contributed by atoms with Crippen molar-refractivity contribution in [2.45, 2.75) is 65.1 Å². The lowest BCUT2D eigenvalue weighted by atomic mass is 9.68. The lowest BCUT2D eigenvalue weighted by Gasteiger charge is -2.46. The average Bonchev–Trinajstić information content (AvgIpc) is 2.44. The third kappa shape index (κ3) is 3.46. The van der Waals surface area contributed by atoms with Crippen molar-refractivity contribution in [1.82, 2.24) is 0 Å². The van der Waals surface area contributed by atoms with Gasteiger partial charge in [0.2, 0.25) is 0 Å². The molecule has 0 bridgehead atoms. The molecule has 0 spiro atoms. The van der Waals surface area contributed by atoms with Crippen LogP contribution >= 0.6 is 0 Å². The number of rotatable bonds is 4. The van der Waals surface area contributed by atoms with E-state index in [9.17, 15) is 9.50 Å². The fraction of sp³-hybridized carbons (Fsp3) is 0.667. The highest BCUT2D eigenvalue weighted by Gasteiger charge is 2.45. The summed E-state index contributed by atoms with van der Waals surface area (Å²) in [5, 5.41) is 10.8. The number of ether oxygens (including phenoxy) is 1. The summed E-state index contributed by atoms with van der Waals surface area (Å²) >= 11 is 0. The van der Waals surface area contributed by atoms with Gasteiger partial charge in [0, 0.05) is 12.2 Å². The van der Waals surface area contributed by atoms with Crippen molar-refractivity contribution in [3.8, 4) is 0 Å². The van der Waals surface area contributed by atoms with Crippen molar-refractivity contribution in [3.63, 3.8) is 0 Å². The Kier molecular flexibility index (Phi) is 4.74. The largest absolute Gasteiger partial charge is 0.385 e. The number of hydrogen-bond donors (Lipinski definition) is 1. The molecule has 1 unspecified atom stereocenters. The third-order valence-corrected chi connectivity index (χ3v) is 4.83. The highest BCUT2D eigenvalue weighted by atomic mass is 19.1. The molecule has 1 saturated carbocycles. The van der Waals surface area contributed by atoms with E-state index in [-0.39, 0.29) is 11.2 Å². The van der Waals surface area contributed by atoms with E-state index in [4.69, 9.17) is 4.74 Å². The van der Waals surface area contributed by atoms with Crippen molar-refractivity contribution in [2.75, 3.05) is 6.61 Å². The fourth-order valence-electron chi connectivity index (χ4n) is 3.29. The summed E-state index contributed by atoms with van der Waals surface area (Å²) in [6.45, 7) is 8.85. The average molecular weight is 294 g/mol. The molecule has 1 aliphatic carbocycles. The molecule has 1 aromatic carbocycles. The Morgan fingerprint density at radius 1 is 1.24 bits per heavy atom. The number of aliphatic hydroxyl groups excluding tert-OH is 1. The molecule has 2 rings (SSSR count). The van der Waals surface area contributed by atoms with Crippen LogP contribution in [0.4, 0.5) is 4.39 Å². The van der Waals surface area contributed by atoms with E-state index < -0.39 is 11.7 Å². The molecule has 1 aromatic rings. The maximum atomic E-state index is 14.1. The molecule has 3 heteroatoms. The van der Waals surface area contributed by atoms with Gasteiger partial charge in [-0.3, -0.25) is 0 Å². The summed E-state index contributed by atoms with van der Waals surface area (Å²) < 4.78 is 20.1. The molecule has 1 atom stereocenters. The first kappa shape index (κ1) is 16.4. The Bertz CT molecular complexity index is 486. The zero-order valence-electron chi connectivity index (χ0n) is 13.6. The standard InChI is InChI=1S/C18H27FO2/c1-5-21-18(10-8-17(3,4)9-11-18)16(20)14-12-13(2)6-7-15(14)19/h6-7,12,16,20H,5,8-11H2,1-4H3. The van der Waals surface area contributed by atoms with E-state index in [1.54, 1.807) is 12.1 Å². The second-order valence-electron chi connectivity index (χ2n) is 7.09. The first-order valence-electron chi connectivity index (χ1n) is 7.88. The second-order valence-corrected chi connectivity index (χ2v) is 7.09. The van der Waals surface area contributed by atoms with Gasteiger partial charge >= 0.3 is 0 Å². The van der Waals surface area contributed by atoms with Gasteiger partial charge in [0.15, 0.2) is 0 Å². The van der Waals surface area contributed by atoms with Crippen LogP contribution in [0.3, 0.4) is 0 Å². The molecule has 0 aliphatic heterocycles. The van der Waals surface area contributed by atoms with E-state index >= 15 is 0 Å². The minimum absolute atomic E-state index is 0.269. The van der Waals surface area contributed by atoms with Crippen LogP contribution < -0.4 is 0 Å². The van der Waals surface area contributed by atoms with Gasteiger partial charge in [-0.15, -0.1) is 0 Å². The summed E-state index contributed by atoms with van der Waals surface area (Å²) in [5.41, 5.74) is 0.932. The lowest BCUT2D eigenvalue weighted by Crippen LogP contribution is -2.45. The molecule has 2 nitrogen and oxygen atoms in total. The van der Waals surface area contributed by atoms with Gasteiger partial charge < -0.3 is 9.84 Å². The van der Waals surface area contributed by atoms with Gasteiger partial charge in [0.05, 0.1) is 5.60 Å². The van der Waals surface area contributed by atoms with Crippen LogP contribution in [-0.4, -0.2) is 17.3 Å². The highest BCUT2D eigenvalue weighted by molar-refractivity contribution is 5.28. The van der Waals surface area contributed by atoms with Crippen molar-refractivity contribution >= 4 is 0 Å². The summed E-state index contributed by atoms with van der Waals surface area (Å²) in [4.78, 5) is 0. The minimum atomic E-state index is -0.909. The summed E-state index contributed by atoms with van der Waals surface area (Å²) in [7, 11) is 0. The Morgan fingerprint density at radius 3 is 2.43 bits per heavy atom. The first-order valence-corrected chi connectivity index (χ1v) is 7.88. The van der Waals surface area contributed by atoms with E-state index in [0.717, 1.165) is 31.2 Å². The molecule has 1 N–H and O–H groups in total. The van der Waals surface area contributed by atoms with Crippen LogP contribution in [0.25, 0.3) is 0 Å². The Labute approximate surface area is 127 Å². The number of hydrogen-bond acceptors (Lipinski definition) is 2. The third-order valence-electron chi connectivity index (χ3n) is 4.83. The maximum Gasteiger partial charge on any atom is 0.129 e. The van der Waals surface area contributed by atoms with Gasteiger partial charge in [-0.1, -0.05) is 31.5 Å². The van der Waals surface area contributed by atoms with Gasteiger partial charge in [-0.25, -0.2) is 4.39 Å². The smallest absolute Gasteiger partial charge is 0.129 e. The molecule has 21 heavy (non-hydrogen) atoms. The van der Waals surface area contributed by atoms with Gasteiger partial charge in [0.25, 0.3) is 0 Å². The Balaban J connectivity index is 2.31. The number of aliphatic hydroxyl groups is 1. The zero-order valence-corrected chi connectivity index (χ0v) is 13.6. The first-order chi connectivity index (χ1) is 9.80. The maximum absolute atomic E-state index is 14.1. The van der Waals surface area contributed by atoms with Crippen LogP contribution in [0.2, 0.25) is 0 Å². The molecule has 0 aromatic heterocycles. The van der Waals surface area contributed by atoms with E-state index in [1.165, 1.54) is 6.07 Å². The Hall–Kier alpha value is -0.930. The molecule has 1 aliphatic rings. The Morgan fingerprint density at radius 2 is 1.86 bits per heavy atom. The van der Waals surface area contributed by atoms with Gasteiger partial charge in [-0.05, 0) is 51.0 Å². The second kappa shape index (κ2) is 6.05. The number of aryl methyl sites for hydroxylation is 1. The topological polar surface area (TPSA) is 29.5 Å². The summed E-state index contributed by atoms with van der Waals surface area (Å²) in [6.07, 6.45) is 2.59. The van der Waals surface area contributed by atoms with Crippen LogP contribution in [0.5, 0.6) is 0 Å². The molecule has 0 heterocycles. The number of halogens is 1. The van der Waals surface area contributed by atoms with Gasteiger partial charge in [-0.2, -0.15) is 0 Å². The van der Waals surface area contributed by atoms with Crippen molar-refractivity contribution in [3.05, 3.63) is 35.1 Å². The summed E-state index contributed by atoms with van der Waals surface area (Å²) in [6, 6.07) is 4.89. The normalized spacial score (nSPS) is 22.0. The predicted octanol–water partition coefficient (Wildman–Crippen LogP) is 4.54. The lowest BCUT2D eigenvalue weighted by molar-refractivity contribution is -0.154. The van der Waals surface area contributed by atoms with E-state index in [0.29, 0.717) is 12.2 Å². The monoisotopic (exact) mass is 294 g/mol. The molecule has 0 saturated heterocycles. The van der Waals surface area contributed by atoms with Gasteiger partial charge in [0.1, 0.15) is 11.9 Å². The van der Waals surface area contributed by atoms with Crippen LogP contribution in [0.15, 0.2) is 18.2 Å². The van der Waals surface area contributed by atoms with Crippen LogP contribution in [0.1, 0.15) is 63.7 Å². The molecule has 118 valence electrons. The molecule has 0 amide bonds. The fourth-order valence-corrected chi connectivity index (χ4v) is 3.29. The van der Waals surface area contributed by atoms with Crippen LogP contribution in [0, 0.1) is 18.2 Å². The van der Waals surface area contributed by atoms with E-state index in [2.05, 4.69) is 13.8 Å². The van der Waals surface area contributed by atoms with Crippen molar-refractivity contribution in [1.29, 1.82) is 0 Å². The number of benzene rings is 1. The molecular weight excluding hydrogens is 267 g/mol. The highest BCUT2D eigenvalue weighted by Crippen LogP contribution is 2.48. The SMILES string of the molecule is CCOC1(C(O)c2cc(C)ccc2F)CCC(C)(C)CC1. The quantitative estimate of drug-likeness (QED) is 0.883. The summed E-state index contributed by atoms with van der Waals surface area (Å²) in [5.74, 6) is -0.350. The zero-order chi connectivity index (χ0) is 15.7. The van der Waals surface area contributed by atoms with Crippen molar-refractivity contribution < 1.29 is 14.2 Å². The molecular formula is C18H27FO2. The van der Waals surface area contributed by atoms with E-state index in [1.807, 2.05) is 13.8 Å².